The highest BCUT2D eigenvalue weighted by Crippen LogP contribution is 2.32. The minimum atomic E-state index is -0.413. The first-order valence-electron chi connectivity index (χ1n) is 7.40. The Morgan fingerprint density at radius 3 is 2.92 bits per heavy atom. The number of thioether (sulfide) groups is 1. The van der Waals surface area contributed by atoms with Crippen molar-refractivity contribution in [1.82, 2.24) is 20.2 Å². The molecule has 126 valence electrons. The van der Waals surface area contributed by atoms with Gasteiger partial charge in [-0.1, -0.05) is 23.9 Å². The summed E-state index contributed by atoms with van der Waals surface area (Å²) >= 11 is 1.23. The third-order valence-electron chi connectivity index (χ3n) is 3.38. The van der Waals surface area contributed by atoms with Gasteiger partial charge >= 0.3 is 5.97 Å². The number of carbonyl (C=O) groups is 1. The molecule has 0 saturated carbocycles. The molecule has 0 bridgehead atoms. The van der Waals surface area contributed by atoms with Crippen molar-refractivity contribution in [2.45, 2.75) is 18.6 Å². The van der Waals surface area contributed by atoms with E-state index in [4.69, 9.17) is 13.6 Å². The fourth-order valence-electron chi connectivity index (χ4n) is 2.31. The fraction of sp³-hybridized carbons (Fsp3) is 0.188. The minimum absolute atomic E-state index is 0.0515. The first-order valence-corrected chi connectivity index (χ1v) is 8.39. The van der Waals surface area contributed by atoms with Gasteiger partial charge in [-0.05, 0) is 12.1 Å². The summed E-state index contributed by atoms with van der Waals surface area (Å²) in [6.07, 6.45) is 1.46. The van der Waals surface area contributed by atoms with E-state index in [9.17, 15) is 4.79 Å². The van der Waals surface area contributed by atoms with Gasteiger partial charge in [0, 0.05) is 12.3 Å². The summed E-state index contributed by atoms with van der Waals surface area (Å²) in [6, 6.07) is 7.61. The lowest BCUT2D eigenvalue weighted by molar-refractivity contribution is -0.142. The highest BCUT2D eigenvalue weighted by atomic mass is 32.2. The van der Waals surface area contributed by atoms with Crippen LogP contribution in [0, 0.1) is 6.92 Å². The molecular weight excluding hydrogens is 344 g/mol. The summed E-state index contributed by atoms with van der Waals surface area (Å²) in [5.41, 5.74) is 2.02. The number of hydrogen-bond donors (Lipinski definition) is 0. The second-order valence-corrected chi connectivity index (χ2v) is 6.08. The number of hydrogen-bond acceptors (Lipinski definition) is 9. The molecule has 0 aliphatic heterocycles. The highest BCUT2D eigenvalue weighted by molar-refractivity contribution is 8.00. The molecule has 8 nitrogen and oxygen atoms in total. The Kier molecular flexibility index (Phi) is 4.06. The van der Waals surface area contributed by atoms with Crippen molar-refractivity contribution in [3.63, 3.8) is 0 Å². The quantitative estimate of drug-likeness (QED) is 0.303. The van der Waals surface area contributed by atoms with E-state index in [1.807, 2.05) is 24.3 Å². The van der Waals surface area contributed by atoms with Gasteiger partial charge in [0.1, 0.15) is 22.5 Å². The van der Waals surface area contributed by atoms with Crippen LogP contribution in [0.2, 0.25) is 0 Å². The molecule has 0 radical (unpaired) electrons. The summed E-state index contributed by atoms with van der Waals surface area (Å²) < 4.78 is 16.1. The number of fused-ring (bicyclic) bond motifs is 3. The van der Waals surface area contributed by atoms with E-state index in [1.54, 1.807) is 6.92 Å². The summed E-state index contributed by atoms with van der Waals surface area (Å²) in [5.74, 6) is 0.353. The van der Waals surface area contributed by atoms with Crippen molar-refractivity contribution >= 4 is 39.8 Å². The molecule has 0 amide bonds. The average Bonchev–Trinajstić information content (AvgIpc) is 3.21. The first kappa shape index (κ1) is 15.6. The second-order valence-electron chi connectivity index (χ2n) is 5.12. The molecule has 0 unspecified atom stereocenters. The van der Waals surface area contributed by atoms with E-state index < -0.39 is 5.97 Å². The molecule has 25 heavy (non-hydrogen) atoms. The number of aromatic nitrogens is 4. The summed E-state index contributed by atoms with van der Waals surface area (Å²) in [5, 5.41) is 8.94. The van der Waals surface area contributed by atoms with Crippen molar-refractivity contribution in [3.05, 3.63) is 42.4 Å². The van der Waals surface area contributed by atoms with Crippen LogP contribution in [-0.2, 0) is 16.1 Å². The Bertz CT molecular complexity index is 1060. The van der Waals surface area contributed by atoms with E-state index in [2.05, 4.69) is 20.2 Å². The third kappa shape index (κ3) is 3.18. The lowest BCUT2D eigenvalue weighted by Gasteiger charge is -2.02. The molecule has 1 aromatic carbocycles. The number of aryl methyl sites for hydroxylation is 1. The number of nitrogens with zero attached hydrogens (tertiary/aromatic N) is 4. The zero-order valence-corrected chi connectivity index (χ0v) is 13.9. The number of para-hydroxylation sites is 1. The molecule has 0 atom stereocenters. The maximum absolute atomic E-state index is 11.9. The Balaban J connectivity index is 1.46. The van der Waals surface area contributed by atoms with Gasteiger partial charge in [0.05, 0.1) is 5.75 Å². The molecule has 9 heteroatoms. The van der Waals surface area contributed by atoms with Crippen LogP contribution in [0.15, 0.2) is 44.5 Å². The van der Waals surface area contributed by atoms with Crippen LogP contribution in [0.1, 0.15) is 11.8 Å². The van der Waals surface area contributed by atoms with Crippen LogP contribution in [0.3, 0.4) is 0 Å². The molecule has 0 spiro atoms. The van der Waals surface area contributed by atoms with Crippen LogP contribution in [0.5, 0.6) is 0 Å². The second kappa shape index (κ2) is 6.52. The topological polar surface area (TPSA) is 104 Å². The Morgan fingerprint density at radius 1 is 1.20 bits per heavy atom. The zero-order valence-electron chi connectivity index (χ0n) is 13.1. The Hall–Kier alpha value is -2.94. The normalized spacial score (nSPS) is 11.2. The molecule has 0 fully saturated rings. The molecule has 4 rings (SSSR count). The molecule has 0 aliphatic carbocycles. The first-order chi connectivity index (χ1) is 12.2. The van der Waals surface area contributed by atoms with E-state index in [1.165, 1.54) is 18.1 Å². The maximum atomic E-state index is 11.9. The monoisotopic (exact) mass is 356 g/mol. The molecule has 4 aromatic rings. The number of benzene rings is 1. The van der Waals surface area contributed by atoms with Gasteiger partial charge in [0.2, 0.25) is 5.89 Å². The molecular formula is C16H12N4O4S. The number of carbonyl (C=O) groups excluding carboxylic acids is 1. The average molecular weight is 356 g/mol. The minimum Gasteiger partial charge on any atom is -0.455 e. The van der Waals surface area contributed by atoms with E-state index in [-0.39, 0.29) is 18.3 Å². The van der Waals surface area contributed by atoms with E-state index in [0.717, 1.165) is 16.5 Å². The zero-order chi connectivity index (χ0) is 17.2. The largest absolute Gasteiger partial charge is 0.455 e. The van der Waals surface area contributed by atoms with Gasteiger partial charge in [-0.2, -0.15) is 0 Å². The van der Waals surface area contributed by atoms with Crippen molar-refractivity contribution in [1.29, 1.82) is 0 Å². The van der Waals surface area contributed by atoms with Gasteiger partial charge in [-0.3, -0.25) is 4.79 Å². The lowest BCUT2D eigenvalue weighted by Crippen LogP contribution is -2.07. The van der Waals surface area contributed by atoms with Gasteiger partial charge < -0.3 is 13.6 Å². The number of esters is 1. The third-order valence-corrected chi connectivity index (χ3v) is 4.32. The van der Waals surface area contributed by atoms with E-state index >= 15 is 0 Å². The molecule has 3 aromatic heterocycles. The Morgan fingerprint density at radius 2 is 2.08 bits per heavy atom. The van der Waals surface area contributed by atoms with Crippen molar-refractivity contribution in [2.75, 3.05) is 5.75 Å². The molecule has 3 heterocycles. The van der Waals surface area contributed by atoms with Gasteiger partial charge in [-0.15, -0.1) is 10.2 Å². The summed E-state index contributed by atoms with van der Waals surface area (Å²) in [7, 11) is 0. The predicted octanol–water partition coefficient (Wildman–Crippen LogP) is 2.90. The van der Waals surface area contributed by atoms with Crippen molar-refractivity contribution in [2.24, 2.45) is 0 Å². The lowest BCUT2D eigenvalue weighted by atomic mass is 10.2. The number of rotatable bonds is 5. The van der Waals surface area contributed by atoms with Gasteiger partial charge in [0.15, 0.2) is 12.2 Å². The molecule has 0 N–H and O–H groups in total. The number of ether oxygens (including phenoxy) is 1. The smallest absolute Gasteiger partial charge is 0.316 e. The highest BCUT2D eigenvalue weighted by Gasteiger charge is 2.15. The standard InChI is InChI=1S/C16H12N4O4S/c1-9-19-20-12(23-9)6-22-13(21)7-25-16-15-14(17-8-18-16)10-4-2-3-5-11(10)24-15/h2-5,8H,6-7H2,1H3. The van der Waals surface area contributed by atoms with Crippen molar-refractivity contribution in [3.8, 4) is 0 Å². The molecule has 0 aliphatic rings. The van der Waals surface area contributed by atoms with Gasteiger partial charge in [0.25, 0.3) is 5.89 Å². The predicted molar refractivity (Wildman–Crippen MR) is 88.9 cm³/mol. The maximum Gasteiger partial charge on any atom is 0.316 e. The van der Waals surface area contributed by atoms with Gasteiger partial charge in [-0.25, -0.2) is 9.97 Å². The number of furan rings is 1. The summed E-state index contributed by atoms with van der Waals surface area (Å²) in [4.78, 5) is 20.4. The van der Waals surface area contributed by atoms with Crippen LogP contribution in [-0.4, -0.2) is 31.9 Å². The Labute approximate surface area is 145 Å². The van der Waals surface area contributed by atoms with Crippen LogP contribution in [0.4, 0.5) is 0 Å². The van der Waals surface area contributed by atoms with Crippen molar-refractivity contribution < 1.29 is 18.4 Å². The SMILES string of the molecule is Cc1nnc(COC(=O)CSc2ncnc3c2oc2ccccc23)o1. The summed E-state index contributed by atoms with van der Waals surface area (Å²) in [6.45, 7) is 1.62. The van der Waals surface area contributed by atoms with Crippen LogP contribution >= 0.6 is 11.8 Å². The molecule has 0 saturated heterocycles. The fourth-order valence-corrected chi connectivity index (χ4v) is 3.04. The van der Waals surface area contributed by atoms with Crippen LogP contribution in [0.25, 0.3) is 22.1 Å². The van der Waals surface area contributed by atoms with Crippen LogP contribution < -0.4 is 0 Å². The van der Waals surface area contributed by atoms with E-state index in [0.29, 0.717) is 16.5 Å².